The summed E-state index contributed by atoms with van der Waals surface area (Å²) in [6, 6.07) is 54.3. The van der Waals surface area contributed by atoms with E-state index in [9.17, 15) is 4.79 Å². The molecule has 272 valence electrons. The van der Waals surface area contributed by atoms with E-state index >= 15 is 0 Å². The van der Waals surface area contributed by atoms with Gasteiger partial charge < -0.3 is 9.64 Å². The molecule has 0 spiro atoms. The summed E-state index contributed by atoms with van der Waals surface area (Å²) in [7, 11) is 1.68. The molecule has 0 aromatic heterocycles. The topological polar surface area (TPSA) is 29.5 Å². The van der Waals surface area contributed by atoms with Gasteiger partial charge in [0.1, 0.15) is 5.75 Å². The summed E-state index contributed by atoms with van der Waals surface area (Å²) in [5.74, 6) is 0.941. The van der Waals surface area contributed by atoms with Gasteiger partial charge in [0.05, 0.1) is 7.11 Å². The smallest absolute Gasteiger partial charge is 0.193 e. The molecule has 0 amide bonds. The average Bonchev–Trinajstić information content (AvgIpc) is 3.22. The van der Waals surface area contributed by atoms with Crippen molar-refractivity contribution in [2.24, 2.45) is 0 Å². The maximum atomic E-state index is 12.0. The van der Waals surface area contributed by atoms with Crippen LogP contribution in [0.5, 0.6) is 5.75 Å². The molecule has 0 heterocycles. The normalized spacial score (nSPS) is 10.9. The van der Waals surface area contributed by atoms with Gasteiger partial charge in [0, 0.05) is 28.2 Å². The van der Waals surface area contributed by atoms with Gasteiger partial charge in [-0.1, -0.05) is 170 Å². The number of carbonyl (C=O) groups excluding carboxylic acids is 1. The minimum absolute atomic E-state index is 0.0793. The summed E-state index contributed by atoms with van der Waals surface area (Å²) in [5.41, 5.74) is 10.0. The number of aryl methyl sites for hydroxylation is 3. The first kappa shape index (κ1) is 41.5. The zero-order valence-corrected chi connectivity index (χ0v) is 32.5. The lowest BCUT2D eigenvalue weighted by Gasteiger charge is -2.25. The number of benzene rings is 6. The van der Waals surface area contributed by atoms with E-state index in [1.54, 1.807) is 7.11 Å². The highest BCUT2D eigenvalue weighted by atomic mass is 16.5. The lowest BCUT2D eigenvalue weighted by Crippen LogP contribution is -2.09. The Morgan fingerprint density at radius 1 is 0.491 bits per heavy atom. The molecular weight excluding hydrogens is 647 g/mol. The van der Waals surface area contributed by atoms with Gasteiger partial charge in [0.2, 0.25) is 0 Å². The van der Waals surface area contributed by atoms with Crippen LogP contribution in [0.4, 0.5) is 17.1 Å². The molecule has 6 aromatic carbocycles. The van der Waals surface area contributed by atoms with Crippen molar-refractivity contribution in [2.75, 3.05) is 12.0 Å². The summed E-state index contributed by atoms with van der Waals surface area (Å²) in [6.07, 6.45) is 9.12. The van der Waals surface area contributed by atoms with E-state index in [1.165, 1.54) is 35.1 Å². The number of hydrogen-bond donors (Lipinski definition) is 0. The van der Waals surface area contributed by atoms with E-state index in [1.807, 2.05) is 112 Å². The van der Waals surface area contributed by atoms with Gasteiger partial charge in [-0.25, -0.2) is 0 Å². The minimum atomic E-state index is 0.0793. The molecule has 1 aliphatic carbocycles. The average molecular weight is 702 g/mol. The predicted octanol–water partition coefficient (Wildman–Crippen LogP) is 14.0. The number of ether oxygens (including phenoxy) is 1. The molecule has 3 heteroatoms. The fourth-order valence-corrected chi connectivity index (χ4v) is 5.19. The number of para-hydroxylation sites is 1. The van der Waals surface area contributed by atoms with Crippen LogP contribution in [0.25, 0.3) is 0 Å². The van der Waals surface area contributed by atoms with Crippen molar-refractivity contribution in [1.29, 1.82) is 0 Å². The van der Waals surface area contributed by atoms with Crippen molar-refractivity contribution < 1.29 is 9.53 Å². The fraction of sp³-hybridized carbons (Fsp3) is 0.180. The predicted molar refractivity (Wildman–Crippen MR) is 228 cm³/mol. The first-order valence-corrected chi connectivity index (χ1v) is 18.4. The van der Waals surface area contributed by atoms with Crippen LogP contribution in [0.2, 0.25) is 0 Å². The molecule has 0 unspecified atom stereocenters. The molecule has 6 aromatic rings. The molecule has 3 nitrogen and oxygen atoms in total. The molecule has 0 aliphatic heterocycles. The zero-order chi connectivity index (χ0) is 38.3. The maximum Gasteiger partial charge on any atom is 0.193 e. The van der Waals surface area contributed by atoms with E-state index in [0.29, 0.717) is 0 Å². The quantitative estimate of drug-likeness (QED) is 0.162. The number of rotatable bonds is 6. The number of nitrogens with zero attached hydrogens (tertiary/aromatic N) is 1. The van der Waals surface area contributed by atoms with Crippen LogP contribution >= 0.6 is 0 Å². The Labute approximate surface area is 318 Å². The third-order valence-electron chi connectivity index (χ3n) is 8.11. The zero-order valence-electron chi connectivity index (χ0n) is 32.5. The molecule has 0 saturated carbocycles. The number of allylic oxidation sites excluding steroid dienone is 4. The highest BCUT2D eigenvalue weighted by Gasteiger charge is 2.12. The highest BCUT2D eigenvalue weighted by Crippen LogP contribution is 2.35. The monoisotopic (exact) mass is 701 g/mol. The molecule has 0 N–H and O–H groups in total. The fourth-order valence-electron chi connectivity index (χ4n) is 5.19. The van der Waals surface area contributed by atoms with Gasteiger partial charge in [-0.05, 0) is 89.1 Å². The number of carbonyl (C=O) groups is 1. The van der Waals surface area contributed by atoms with Gasteiger partial charge in [0.15, 0.2) is 5.78 Å². The standard InChI is InChI=1S/C20H19NO.C14H12O.C7H10.C7H8.C2H6/c1-16-8-10-18(11-9-16)21(17-6-4-3-5-7-17)19-12-14-20(22-2)15-13-19;1-11-7-9-13(10-8-11)14(15)12-5-3-2-4-6-12;2*1-7-5-3-2-4-6-7;1-2/h3-15H,1-2H3;2-10H,1H3;3,5-6H,2,4H2,1H3;2-6H,1H3;1-2H3. The van der Waals surface area contributed by atoms with E-state index in [-0.39, 0.29) is 5.78 Å². The second-order valence-corrected chi connectivity index (χ2v) is 12.3. The molecule has 0 saturated heterocycles. The van der Waals surface area contributed by atoms with Crippen LogP contribution in [0, 0.1) is 20.8 Å². The second kappa shape index (κ2) is 23.5. The largest absolute Gasteiger partial charge is 0.497 e. The van der Waals surface area contributed by atoms with E-state index < -0.39 is 0 Å². The molecule has 0 bridgehead atoms. The molecule has 0 fully saturated rings. The molecule has 7 rings (SSSR count). The number of ketones is 1. The summed E-state index contributed by atoms with van der Waals surface area (Å²) in [4.78, 5) is 14.2. The van der Waals surface area contributed by atoms with E-state index in [2.05, 4.69) is 117 Å². The Bertz CT molecular complexity index is 1930. The molecule has 1 aliphatic rings. The van der Waals surface area contributed by atoms with Crippen molar-refractivity contribution in [2.45, 2.75) is 54.4 Å². The Morgan fingerprint density at radius 2 is 0.906 bits per heavy atom. The second-order valence-electron chi connectivity index (χ2n) is 12.3. The number of anilines is 3. The summed E-state index contributed by atoms with van der Waals surface area (Å²) < 4.78 is 5.26. The van der Waals surface area contributed by atoms with E-state index in [0.717, 1.165) is 33.9 Å². The molecule has 0 radical (unpaired) electrons. The van der Waals surface area contributed by atoms with Gasteiger partial charge >= 0.3 is 0 Å². The van der Waals surface area contributed by atoms with Gasteiger partial charge in [-0.2, -0.15) is 0 Å². The number of hydrogen-bond acceptors (Lipinski definition) is 3. The maximum absolute atomic E-state index is 12.0. The van der Waals surface area contributed by atoms with Crippen molar-refractivity contribution in [1.82, 2.24) is 0 Å². The van der Waals surface area contributed by atoms with Crippen LogP contribution in [-0.2, 0) is 0 Å². The van der Waals surface area contributed by atoms with E-state index in [4.69, 9.17) is 4.74 Å². The Balaban J connectivity index is 0.000000209. The van der Waals surface area contributed by atoms with Crippen LogP contribution in [-0.4, -0.2) is 12.9 Å². The van der Waals surface area contributed by atoms with Gasteiger partial charge in [-0.15, -0.1) is 0 Å². The summed E-state index contributed by atoms with van der Waals surface area (Å²) in [5, 5.41) is 0. The third kappa shape index (κ3) is 14.7. The third-order valence-corrected chi connectivity index (χ3v) is 8.11. The summed E-state index contributed by atoms with van der Waals surface area (Å²) >= 11 is 0. The van der Waals surface area contributed by atoms with Gasteiger partial charge in [0.25, 0.3) is 0 Å². The van der Waals surface area contributed by atoms with Crippen molar-refractivity contribution in [3.63, 3.8) is 0 Å². The SMILES string of the molecule is CC.CC1=CCCC=C1.COc1ccc(N(c2ccccc2)c2ccc(C)cc2)cc1.Cc1ccc(C(=O)c2ccccc2)cc1.Cc1ccccc1. The Kier molecular flexibility index (Phi) is 18.4. The lowest BCUT2D eigenvalue weighted by atomic mass is 10.0. The van der Waals surface area contributed by atoms with Crippen LogP contribution in [0.1, 0.15) is 66.2 Å². The highest BCUT2D eigenvalue weighted by molar-refractivity contribution is 6.08. The first-order valence-electron chi connectivity index (χ1n) is 18.4. The van der Waals surface area contributed by atoms with Crippen molar-refractivity contribution in [3.05, 3.63) is 215 Å². The van der Waals surface area contributed by atoms with Crippen LogP contribution in [0.15, 0.2) is 188 Å². The minimum Gasteiger partial charge on any atom is -0.497 e. The lowest BCUT2D eigenvalue weighted by molar-refractivity contribution is 0.103. The number of methoxy groups -OCH3 is 1. The molecule has 53 heavy (non-hydrogen) atoms. The van der Waals surface area contributed by atoms with Gasteiger partial charge in [-0.3, -0.25) is 4.79 Å². The van der Waals surface area contributed by atoms with Crippen LogP contribution in [0.3, 0.4) is 0 Å². The van der Waals surface area contributed by atoms with Crippen molar-refractivity contribution >= 4 is 22.8 Å². The van der Waals surface area contributed by atoms with Crippen molar-refractivity contribution in [3.8, 4) is 5.75 Å². The molecule has 0 atom stereocenters. The Hall–Kier alpha value is -5.93. The Morgan fingerprint density at radius 3 is 1.32 bits per heavy atom. The summed E-state index contributed by atoms with van der Waals surface area (Å²) in [6.45, 7) is 12.3. The van der Waals surface area contributed by atoms with Crippen LogP contribution < -0.4 is 9.64 Å². The first-order chi connectivity index (χ1) is 25.8. The molecular formula is C50H55NO2.